The lowest BCUT2D eigenvalue weighted by atomic mass is 10.2. The molecule has 4 aromatic heterocycles. The van der Waals surface area contributed by atoms with E-state index in [1.165, 1.54) is 18.5 Å². The van der Waals surface area contributed by atoms with Gasteiger partial charge in [-0.15, -0.1) is 11.3 Å². The van der Waals surface area contributed by atoms with Crippen molar-refractivity contribution in [3.63, 3.8) is 0 Å². The summed E-state index contributed by atoms with van der Waals surface area (Å²) in [6.07, 6.45) is 1.97. The number of halogens is 4. The summed E-state index contributed by atoms with van der Waals surface area (Å²) in [5.74, 6) is 0.130. The lowest BCUT2D eigenvalue weighted by molar-refractivity contribution is -0.134. The van der Waals surface area contributed by atoms with Gasteiger partial charge in [-0.25, -0.2) is 24.3 Å². The van der Waals surface area contributed by atoms with Crippen LogP contribution in [0.5, 0.6) is 0 Å². The number of anilines is 1. The van der Waals surface area contributed by atoms with Crippen LogP contribution in [0.3, 0.4) is 0 Å². The zero-order valence-electron chi connectivity index (χ0n) is 17.4. The quantitative estimate of drug-likeness (QED) is 0.315. The Hall–Kier alpha value is -3.99. The summed E-state index contributed by atoms with van der Waals surface area (Å²) in [6.45, 7) is 0.269. The molecular formula is C23H16F4N6S. The number of alkyl halides is 3. The fourth-order valence-corrected chi connectivity index (χ4v) is 3.75. The molecule has 11 heteroatoms. The number of hydrogen-bond donors (Lipinski definition) is 1. The molecule has 0 bridgehead atoms. The van der Waals surface area contributed by atoms with E-state index in [9.17, 15) is 17.6 Å². The Kier molecular flexibility index (Phi) is 7.02. The van der Waals surface area contributed by atoms with Crippen LogP contribution >= 0.6 is 11.3 Å². The highest BCUT2D eigenvalue weighted by Crippen LogP contribution is 2.39. The van der Waals surface area contributed by atoms with Gasteiger partial charge < -0.3 is 5.32 Å². The molecule has 0 aliphatic carbocycles. The topological polar surface area (TPSA) is 76.5 Å². The minimum atomic E-state index is -4.47. The van der Waals surface area contributed by atoms with E-state index >= 15 is 0 Å². The average Bonchev–Trinajstić information content (AvgIpc) is 3.31. The van der Waals surface area contributed by atoms with E-state index in [0.29, 0.717) is 17.0 Å². The first kappa shape index (κ1) is 23.2. The number of benzene rings is 1. The van der Waals surface area contributed by atoms with E-state index < -0.39 is 11.1 Å². The molecule has 0 spiro atoms. The molecule has 0 aliphatic rings. The molecule has 1 aromatic carbocycles. The monoisotopic (exact) mass is 484 g/mol. The lowest BCUT2D eigenvalue weighted by Gasteiger charge is -2.09. The van der Waals surface area contributed by atoms with Crippen molar-refractivity contribution in [3.05, 3.63) is 95.8 Å². The fourth-order valence-electron chi connectivity index (χ4n) is 2.85. The van der Waals surface area contributed by atoms with Gasteiger partial charge in [0, 0.05) is 25.1 Å². The Labute approximate surface area is 195 Å². The zero-order chi connectivity index (χ0) is 24.0. The SMILES string of the molecule is Fc1ccc(CNc2nc(-c3ccccn3)nc3sc(C(F)(F)F)cc23)cc1.c1cncnc1. The molecule has 1 N–H and O–H groups in total. The maximum atomic E-state index is 13.2. The zero-order valence-corrected chi connectivity index (χ0v) is 18.2. The van der Waals surface area contributed by atoms with E-state index in [4.69, 9.17) is 0 Å². The van der Waals surface area contributed by atoms with Crippen molar-refractivity contribution in [2.24, 2.45) is 0 Å². The van der Waals surface area contributed by atoms with E-state index in [1.54, 1.807) is 55.0 Å². The third kappa shape index (κ3) is 5.87. The second kappa shape index (κ2) is 10.3. The smallest absolute Gasteiger partial charge is 0.365 e. The number of fused-ring (bicyclic) bond motifs is 1. The first-order chi connectivity index (χ1) is 16.4. The Bertz CT molecular complexity index is 1320. The molecule has 5 aromatic rings. The summed E-state index contributed by atoms with van der Waals surface area (Å²) < 4.78 is 52.6. The molecule has 5 rings (SSSR count). The Balaban J connectivity index is 0.000000398. The number of aromatic nitrogens is 5. The highest BCUT2D eigenvalue weighted by Gasteiger charge is 2.33. The van der Waals surface area contributed by atoms with E-state index in [2.05, 4.69) is 30.2 Å². The summed E-state index contributed by atoms with van der Waals surface area (Å²) in [5, 5.41) is 3.31. The van der Waals surface area contributed by atoms with Crippen molar-refractivity contribution >= 4 is 27.4 Å². The second-order valence-electron chi connectivity index (χ2n) is 6.82. The number of thiophene rings is 1. The van der Waals surface area contributed by atoms with Crippen molar-refractivity contribution in [2.45, 2.75) is 12.7 Å². The summed E-state index contributed by atoms with van der Waals surface area (Å²) >= 11 is 0.557. The van der Waals surface area contributed by atoms with Crippen LogP contribution < -0.4 is 5.32 Å². The van der Waals surface area contributed by atoms with E-state index in [-0.39, 0.29) is 34.2 Å². The number of hydrogen-bond acceptors (Lipinski definition) is 7. The predicted molar refractivity (Wildman–Crippen MR) is 121 cm³/mol. The first-order valence-electron chi connectivity index (χ1n) is 9.88. The molecule has 0 amide bonds. The van der Waals surface area contributed by atoms with Crippen LogP contribution in [0.25, 0.3) is 21.7 Å². The summed E-state index contributed by atoms with van der Waals surface area (Å²) in [4.78, 5) is 19.6. The van der Waals surface area contributed by atoms with Crippen LogP contribution in [0, 0.1) is 5.82 Å². The summed E-state index contributed by atoms with van der Waals surface area (Å²) in [6, 6.07) is 13.8. The van der Waals surface area contributed by atoms with Crippen LogP contribution in [0.1, 0.15) is 10.4 Å². The van der Waals surface area contributed by atoms with Crippen LogP contribution in [0.15, 0.2) is 79.5 Å². The van der Waals surface area contributed by atoms with Gasteiger partial charge in [0.25, 0.3) is 0 Å². The Morgan fingerprint density at radius 3 is 2.24 bits per heavy atom. The largest absolute Gasteiger partial charge is 0.425 e. The van der Waals surface area contributed by atoms with Crippen LogP contribution in [0.4, 0.5) is 23.4 Å². The minimum absolute atomic E-state index is 0.213. The van der Waals surface area contributed by atoms with Crippen molar-refractivity contribution in [2.75, 3.05) is 5.32 Å². The average molecular weight is 484 g/mol. The van der Waals surface area contributed by atoms with Gasteiger partial charge in [0.15, 0.2) is 5.82 Å². The molecular weight excluding hydrogens is 468 g/mol. The van der Waals surface area contributed by atoms with Gasteiger partial charge in [0.05, 0.1) is 5.39 Å². The molecule has 0 fully saturated rings. The number of nitrogens with zero attached hydrogens (tertiary/aromatic N) is 5. The molecule has 0 saturated carbocycles. The molecule has 6 nitrogen and oxygen atoms in total. The fraction of sp³-hybridized carbons (Fsp3) is 0.0870. The van der Waals surface area contributed by atoms with E-state index in [0.717, 1.165) is 11.6 Å². The highest BCUT2D eigenvalue weighted by atomic mass is 32.1. The van der Waals surface area contributed by atoms with Crippen molar-refractivity contribution in [1.82, 2.24) is 24.9 Å². The van der Waals surface area contributed by atoms with Crippen molar-refractivity contribution < 1.29 is 17.6 Å². The molecule has 0 unspecified atom stereocenters. The molecule has 34 heavy (non-hydrogen) atoms. The minimum Gasteiger partial charge on any atom is -0.365 e. The molecule has 0 aliphatic heterocycles. The standard InChI is InChI=1S/C19H12F4N4S.C4H4N2/c20-12-6-4-11(5-7-12)10-25-16-13-9-15(19(21,22)23)28-18(13)27-17(26-16)14-3-1-2-8-24-14;1-2-5-4-6-3-1/h1-9H,10H2,(H,25,26,27);1-4H. The van der Waals surface area contributed by atoms with Gasteiger partial charge in [-0.1, -0.05) is 18.2 Å². The van der Waals surface area contributed by atoms with Gasteiger partial charge in [0.2, 0.25) is 0 Å². The Morgan fingerprint density at radius 1 is 0.882 bits per heavy atom. The van der Waals surface area contributed by atoms with Gasteiger partial charge in [-0.05, 0) is 42.0 Å². The lowest BCUT2D eigenvalue weighted by Crippen LogP contribution is -2.04. The normalized spacial score (nSPS) is 11.1. The molecule has 172 valence electrons. The number of rotatable bonds is 4. The maximum absolute atomic E-state index is 13.2. The van der Waals surface area contributed by atoms with Crippen molar-refractivity contribution in [1.29, 1.82) is 0 Å². The number of pyridine rings is 1. The van der Waals surface area contributed by atoms with Gasteiger partial charge in [-0.3, -0.25) is 4.98 Å². The number of nitrogens with one attached hydrogen (secondary N) is 1. The van der Waals surface area contributed by atoms with Gasteiger partial charge >= 0.3 is 6.18 Å². The Morgan fingerprint density at radius 2 is 1.65 bits per heavy atom. The van der Waals surface area contributed by atoms with Crippen LogP contribution in [-0.4, -0.2) is 24.9 Å². The molecule has 4 heterocycles. The van der Waals surface area contributed by atoms with Gasteiger partial charge in [0.1, 0.15) is 33.4 Å². The molecule has 0 radical (unpaired) electrons. The third-order valence-corrected chi connectivity index (χ3v) is 5.49. The highest BCUT2D eigenvalue weighted by molar-refractivity contribution is 7.18. The predicted octanol–water partition coefficient (Wildman–Crippen LogP) is 6.00. The van der Waals surface area contributed by atoms with Gasteiger partial charge in [-0.2, -0.15) is 13.2 Å². The first-order valence-corrected chi connectivity index (χ1v) is 10.7. The third-order valence-electron chi connectivity index (χ3n) is 4.42. The molecule has 0 saturated heterocycles. The maximum Gasteiger partial charge on any atom is 0.425 e. The van der Waals surface area contributed by atoms with Crippen LogP contribution in [-0.2, 0) is 12.7 Å². The summed E-state index contributed by atoms with van der Waals surface area (Å²) in [7, 11) is 0. The van der Waals surface area contributed by atoms with Crippen molar-refractivity contribution in [3.8, 4) is 11.5 Å². The molecule has 0 atom stereocenters. The second-order valence-corrected chi connectivity index (χ2v) is 7.85. The van der Waals surface area contributed by atoms with Crippen LogP contribution in [0.2, 0.25) is 0 Å². The summed E-state index contributed by atoms with van der Waals surface area (Å²) in [5.41, 5.74) is 1.22. The van der Waals surface area contributed by atoms with E-state index in [1.807, 2.05) is 0 Å².